The quantitative estimate of drug-likeness (QED) is 0.206. The van der Waals surface area contributed by atoms with E-state index in [2.05, 4.69) is 30.9 Å². The van der Waals surface area contributed by atoms with Gasteiger partial charge in [-0.25, -0.2) is 9.97 Å². The van der Waals surface area contributed by atoms with Gasteiger partial charge in [-0.05, 0) is 49.2 Å². The number of rotatable bonds is 5. The summed E-state index contributed by atoms with van der Waals surface area (Å²) in [4.78, 5) is 40.1. The van der Waals surface area contributed by atoms with Crippen LogP contribution >= 0.6 is 7.60 Å². The summed E-state index contributed by atoms with van der Waals surface area (Å²) in [5.74, 6) is -1.60. The van der Waals surface area contributed by atoms with Crippen LogP contribution in [0.5, 0.6) is 5.75 Å². The summed E-state index contributed by atoms with van der Waals surface area (Å²) in [5.41, 5.74) is 0.431. The number of nitrogens with zero attached hydrogens (tertiary/aromatic N) is 5. The number of amides is 2. The van der Waals surface area contributed by atoms with Crippen LogP contribution in [-0.4, -0.2) is 77.7 Å². The molecule has 0 spiro atoms. The second kappa shape index (κ2) is 14.9. The molecule has 0 aliphatic carbocycles. The lowest BCUT2D eigenvalue weighted by atomic mass is 10.1. The third-order valence-corrected chi connectivity index (χ3v) is 9.53. The molecule has 266 valence electrons. The molecular weight excluding hydrogens is 680 g/mol. The Morgan fingerprint density at radius 2 is 1.88 bits per heavy atom. The van der Waals surface area contributed by atoms with Crippen molar-refractivity contribution in [2.24, 2.45) is 0 Å². The standard InChI is InChI=1S/C32H36F3N8O6P/c1-6-48-50(46)18-19-8-9-23(26(14-19)47-5)40-31-37-16-21(32(33,34)35)28(41-31)39-24-11-10-22(38-27(24)29(44)36-2)20-15-25(30(45)42(3)4)43(17-20)12-7-13-49-50/h8-11,14-17H,6-7,12-13,18H2,1-5H3,(H,36,44)(H2,37,39,40,41)/t50-/m0/s1. The summed E-state index contributed by atoms with van der Waals surface area (Å²) >= 11 is 0. The van der Waals surface area contributed by atoms with Gasteiger partial charge in [-0.1, -0.05) is 6.07 Å². The lowest BCUT2D eigenvalue weighted by molar-refractivity contribution is -0.137. The maximum Gasteiger partial charge on any atom is 0.421 e. The molecule has 14 nitrogen and oxygen atoms in total. The zero-order valence-electron chi connectivity index (χ0n) is 27.9. The lowest BCUT2D eigenvalue weighted by Crippen LogP contribution is -2.24. The van der Waals surface area contributed by atoms with E-state index in [1.54, 1.807) is 56.0 Å². The van der Waals surface area contributed by atoms with Crippen LogP contribution in [0.25, 0.3) is 11.3 Å². The maximum atomic E-state index is 14.2. The molecule has 0 fully saturated rings. The van der Waals surface area contributed by atoms with Crippen molar-refractivity contribution in [3.8, 4) is 17.0 Å². The molecule has 1 atom stereocenters. The van der Waals surface area contributed by atoms with E-state index in [9.17, 15) is 27.3 Å². The Kier molecular flexibility index (Phi) is 10.8. The molecule has 4 aliphatic heterocycles. The summed E-state index contributed by atoms with van der Waals surface area (Å²) in [6.45, 7) is 2.15. The van der Waals surface area contributed by atoms with Crippen molar-refractivity contribution >= 4 is 42.6 Å². The lowest BCUT2D eigenvalue weighted by Gasteiger charge is -2.20. The van der Waals surface area contributed by atoms with Gasteiger partial charge in [0.2, 0.25) is 5.95 Å². The monoisotopic (exact) mass is 716 g/mol. The van der Waals surface area contributed by atoms with Crippen LogP contribution in [0.4, 0.5) is 36.3 Å². The minimum Gasteiger partial charge on any atom is -0.495 e. The first-order chi connectivity index (χ1) is 23.7. The number of methoxy groups -OCH3 is 1. The van der Waals surface area contributed by atoms with Crippen LogP contribution in [0.1, 0.15) is 45.4 Å². The first-order valence-electron chi connectivity index (χ1n) is 15.4. The summed E-state index contributed by atoms with van der Waals surface area (Å²) in [6.07, 6.45) is -2.31. The Labute approximate surface area is 285 Å². The number of carbonyl (C=O) groups excluding carboxylic acids is 2. The van der Waals surface area contributed by atoms with E-state index in [4.69, 9.17) is 13.8 Å². The molecule has 8 rings (SSSR count). The van der Waals surface area contributed by atoms with Crippen LogP contribution in [0, 0.1) is 0 Å². The van der Waals surface area contributed by atoms with E-state index in [0.29, 0.717) is 35.1 Å². The van der Waals surface area contributed by atoms with Gasteiger partial charge in [0.15, 0.2) is 5.69 Å². The molecule has 4 aromatic rings. The van der Waals surface area contributed by atoms with Gasteiger partial charge >= 0.3 is 13.8 Å². The molecule has 50 heavy (non-hydrogen) atoms. The normalized spacial score (nSPS) is 16.4. The number of hydrogen-bond donors (Lipinski definition) is 3. The smallest absolute Gasteiger partial charge is 0.421 e. The van der Waals surface area contributed by atoms with Gasteiger partial charge < -0.3 is 39.2 Å². The Hall–Kier alpha value is -4.99. The molecule has 18 heteroatoms. The van der Waals surface area contributed by atoms with E-state index in [1.165, 1.54) is 31.2 Å². The van der Waals surface area contributed by atoms with Crippen molar-refractivity contribution in [3.63, 3.8) is 0 Å². The summed E-state index contributed by atoms with van der Waals surface area (Å²) < 4.78 is 74.9. The minimum atomic E-state index is -4.86. The Balaban J connectivity index is 1.67. The van der Waals surface area contributed by atoms with Crippen molar-refractivity contribution in [2.45, 2.75) is 32.2 Å². The van der Waals surface area contributed by atoms with Crippen molar-refractivity contribution < 1.29 is 41.1 Å². The Bertz CT molecular complexity index is 1950. The molecule has 1 aromatic carbocycles. The number of nitrogens with one attached hydrogen (secondary N) is 3. The summed E-state index contributed by atoms with van der Waals surface area (Å²) in [6, 6.07) is 9.32. The number of alkyl halides is 3. The zero-order chi connectivity index (χ0) is 36.2. The highest BCUT2D eigenvalue weighted by Crippen LogP contribution is 2.52. The summed E-state index contributed by atoms with van der Waals surface area (Å²) in [7, 11) is 2.31. The molecule has 0 unspecified atom stereocenters. The molecule has 3 N–H and O–H groups in total. The first kappa shape index (κ1) is 36.3. The molecule has 0 saturated heterocycles. The topological polar surface area (TPSA) is 162 Å². The van der Waals surface area contributed by atoms with Gasteiger partial charge in [-0.2, -0.15) is 18.2 Å². The fourth-order valence-corrected chi connectivity index (χ4v) is 6.88. The number of hydrogen-bond acceptors (Lipinski definition) is 11. The third kappa shape index (κ3) is 8.07. The predicted molar refractivity (Wildman–Crippen MR) is 179 cm³/mol. The van der Waals surface area contributed by atoms with Crippen LogP contribution in [0.2, 0.25) is 0 Å². The van der Waals surface area contributed by atoms with Crippen LogP contribution in [0.15, 0.2) is 48.8 Å². The number of halogens is 3. The Morgan fingerprint density at radius 1 is 1.12 bits per heavy atom. The van der Waals surface area contributed by atoms with Gasteiger partial charge in [0.05, 0.1) is 43.6 Å². The molecule has 4 aliphatic rings. The van der Waals surface area contributed by atoms with Gasteiger partial charge in [0.1, 0.15) is 22.8 Å². The fourth-order valence-electron chi connectivity index (χ4n) is 5.17. The molecule has 0 radical (unpaired) electrons. The number of pyridine rings is 1. The molecule has 3 aromatic heterocycles. The highest BCUT2D eigenvalue weighted by Gasteiger charge is 2.36. The van der Waals surface area contributed by atoms with Crippen molar-refractivity contribution in [3.05, 3.63) is 71.3 Å². The fraction of sp³-hybridized carbons (Fsp3) is 0.344. The van der Waals surface area contributed by atoms with Gasteiger partial charge in [-0.3, -0.25) is 14.2 Å². The number of ether oxygens (including phenoxy) is 1. The number of aromatic nitrogens is 4. The second-order valence-corrected chi connectivity index (χ2v) is 13.3. The maximum absolute atomic E-state index is 14.2. The van der Waals surface area contributed by atoms with Gasteiger partial charge in [0.25, 0.3) is 11.8 Å². The minimum absolute atomic E-state index is 0.0458. The van der Waals surface area contributed by atoms with Crippen molar-refractivity contribution in [1.82, 2.24) is 29.7 Å². The number of aryl methyl sites for hydroxylation is 1. The molecule has 7 heterocycles. The highest BCUT2D eigenvalue weighted by atomic mass is 31.2. The molecule has 0 saturated carbocycles. The molecular formula is C32H36F3N8O6P. The average molecular weight is 717 g/mol. The zero-order valence-corrected chi connectivity index (χ0v) is 28.8. The van der Waals surface area contributed by atoms with E-state index >= 15 is 0 Å². The number of carbonyl (C=O) groups is 2. The average Bonchev–Trinajstić information content (AvgIpc) is 3.50. The van der Waals surface area contributed by atoms with Crippen molar-refractivity contribution in [1.29, 1.82) is 0 Å². The van der Waals surface area contributed by atoms with Crippen LogP contribution in [0.3, 0.4) is 0 Å². The van der Waals surface area contributed by atoms with Gasteiger partial charge in [0, 0.05) is 45.6 Å². The summed E-state index contributed by atoms with van der Waals surface area (Å²) in [5, 5.41) is 7.96. The number of anilines is 4. The third-order valence-electron chi connectivity index (χ3n) is 7.55. The van der Waals surface area contributed by atoms with Crippen molar-refractivity contribution in [2.75, 3.05) is 52.1 Å². The SMILES string of the molecule is CCO[P@@]1(=O)Cc2ccc(c(OC)c2)Nc2ncc(C(F)(F)F)c(n2)Nc2ccc(nc2C(=O)NC)-c2cc(C(=O)N(C)C)n(c2)CCCO1. The van der Waals surface area contributed by atoms with E-state index < -0.39 is 31.1 Å². The van der Waals surface area contributed by atoms with E-state index in [1.807, 2.05) is 0 Å². The Morgan fingerprint density at radius 3 is 2.56 bits per heavy atom. The molecule has 8 bridgehead atoms. The second-order valence-electron chi connectivity index (χ2n) is 11.3. The van der Waals surface area contributed by atoms with Crippen LogP contribution < -0.4 is 20.7 Å². The van der Waals surface area contributed by atoms with E-state index in [-0.39, 0.29) is 60.6 Å². The highest BCUT2D eigenvalue weighted by molar-refractivity contribution is 7.53. The first-order valence-corrected chi connectivity index (χ1v) is 17.2. The largest absolute Gasteiger partial charge is 0.495 e. The van der Waals surface area contributed by atoms with Gasteiger partial charge in [-0.15, -0.1) is 0 Å². The van der Waals surface area contributed by atoms with Crippen LogP contribution in [-0.2, 0) is 32.5 Å². The number of benzene rings is 1. The molecule has 2 amide bonds. The van der Waals surface area contributed by atoms with E-state index in [0.717, 1.165) is 0 Å². The predicted octanol–water partition coefficient (Wildman–Crippen LogP) is 6.07.